The van der Waals surface area contributed by atoms with Gasteiger partial charge in [-0.15, -0.1) is 11.3 Å². The van der Waals surface area contributed by atoms with Gasteiger partial charge in [0.1, 0.15) is 9.88 Å². The van der Waals surface area contributed by atoms with Gasteiger partial charge in [0.05, 0.1) is 16.4 Å². The highest BCUT2D eigenvalue weighted by Crippen LogP contribution is 2.28. The Morgan fingerprint density at radius 2 is 2.21 bits per heavy atom. The molecule has 0 atom stereocenters. The van der Waals surface area contributed by atoms with Crippen LogP contribution in [0.2, 0.25) is 5.02 Å². The second kappa shape index (κ2) is 5.67. The van der Waals surface area contributed by atoms with E-state index in [1.54, 1.807) is 12.1 Å². The second-order valence-electron chi connectivity index (χ2n) is 4.56. The fourth-order valence-electron chi connectivity index (χ4n) is 1.66. The Kier molecular flexibility index (Phi) is 4.17. The molecule has 0 aliphatic carbocycles. The van der Waals surface area contributed by atoms with E-state index < -0.39 is 5.97 Å². The minimum absolute atomic E-state index is 0.292. The first-order chi connectivity index (χ1) is 8.97. The van der Waals surface area contributed by atoms with E-state index in [1.807, 2.05) is 13.8 Å². The van der Waals surface area contributed by atoms with Crippen molar-refractivity contribution >= 4 is 28.9 Å². The van der Waals surface area contributed by atoms with Crippen molar-refractivity contribution in [3.8, 4) is 10.7 Å². The van der Waals surface area contributed by atoms with E-state index in [9.17, 15) is 9.90 Å². The molecule has 2 rings (SSSR count). The lowest BCUT2D eigenvalue weighted by Crippen LogP contribution is -2.02. The van der Waals surface area contributed by atoms with Gasteiger partial charge in [-0.05, 0) is 24.5 Å². The number of carboxylic acids is 1. The number of carboxylic acid groups (broad SMARTS) is 1. The summed E-state index contributed by atoms with van der Waals surface area (Å²) in [6, 6.07) is 3.46. The largest absolute Gasteiger partial charge is 0.477 e. The molecule has 0 spiro atoms. The normalized spacial score (nSPS) is 10.9. The van der Waals surface area contributed by atoms with E-state index >= 15 is 0 Å². The van der Waals surface area contributed by atoms with E-state index in [4.69, 9.17) is 11.6 Å². The molecule has 0 bridgehead atoms. The van der Waals surface area contributed by atoms with Gasteiger partial charge in [0.2, 0.25) is 0 Å². The topological polar surface area (TPSA) is 63.1 Å². The predicted octanol–water partition coefficient (Wildman–Crippen LogP) is 3.76. The number of rotatable bonds is 4. The molecule has 0 unspecified atom stereocenters. The Morgan fingerprint density at radius 3 is 2.74 bits per heavy atom. The highest BCUT2D eigenvalue weighted by Gasteiger charge is 2.19. The van der Waals surface area contributed by atoms with Crippen LogP contribution in [0.3, 0.4) is 0 Å². The lowest BCUT2D eigenvalue weighted by atomic mass is 10.1. The summed E-state index contributed by atoms with van der Waals surface area (Å²) in [6.45, 7) is 4.07. The van der Waals surface area contributed by atoms with Gasteiger partial charge in [-0.3, -0.25) is 4.98 Å². The summed E-state index contributed by atoms with van der Waals surface area (Å²) in [5.74, 6) is -0.584. The summed E-state index contributed by atoms with van der Waals surface area (Å²) in [4.78, 5) is 20.1. The van der Waals surface area contributed by atoms with Crippen LogP contribution in [-0.2, 0) is 6.42 Å². The molecule has 1 N–H and O–H groups in total. The molecule has 0 saturated heterocycles. The summed E-state index contributed by atoms with van der Waals surface area (Å²) >= 11 is 6.93. The third-order valence-electron chi connectivity index (χ3n) is 2.44. The molecule has 0 aliphatic rings. The summed E-state index contributed by atoms with van der Waals surface area (Å²) in [7, 11) is 0. The number of aromatic nitrogens is 2. The van der Waals surface area contributed by atoms with E-state index in [1.165, 1.54) is 6.20 Å². The number of pyridine rings is 1. The van der Waals surface area contributed by atoms with Gasteiger partial charge in [-0.25, -0.2) is 9.78 Å². The first-order valence-corrected chi connectivity index (χ1v) is 7.01. The smallest absolute Gasteiger partial charge is 0.347 e. The Morgan fingerprint density at radius 1 is 1.47 bits per heavy atom. The first-order valence-electron chi connectivity index (χ1n) is 5.82. The number of nitrogens with zero attached hydrogens (tertiary/aromatic N) is 2. The monoisotopic (exact) mass is 296 g/mol. The molecule has 4 nitrogen and oxygen atoms in total. The van der Waals surface area contributed by atoms with Crippen molar-refractivity contribution in [3.05, 3.63) is 33.9 Å². The SMILES string of the molecule is CC(C)Cc1nc(-c2ccc(Cl)cn2)sc1C(=O)O. The number of thiazole rings is 1. The molecule has 0 fully saturated rings. The van der Waals surface area contributed by atoms with Gasteiger partial charge in [0.25, 0.3) is 0 Å². The zero-order chi connectivity index (χ0) is 14.0. The molecule has 2 aromatic rings. The van der Waals surface area contributed by atoms with Gasteiger partial charge in [-0.1, -0.05) is 25.4 Å². The van der Waals surface area contributed by atoms with Crippen molar-refractivity contribution < 1.29 is 9.90 Å². The van der Waals surface area contributed by atoms with Gasteiger partial charge in [0.15, 0.2) is 0 Å². The number of carbonyl (C=O) groups is 1. The van der Waals surface area contributed by atoms with Crippen LogP contribution in [0.15, 0.2) is 18.3 Å². The zero-order valence-corrected chi connectivity index (χ0v) is 12.1. The predicted molar refractivity (Wildman–Crippen MR) is 75.9 cm³/mol. The fraction of sp³-hybridized carbons (Fsp3) is 0.308. The van der Waals surface area contributed by atoms with Gasteiger partial charge in [0, 0.05) is 6.20 Å². The van der Waals surface area contributed by atoms with Crippen molar-refractivity contribution in [1.82, 2.24) is 9.97 Å². The van der Waals surface area contributed by atoms with Crippen LogP contribution < -0.4 is 0 Å². The van der Waals surface area contributed by atoms with Gasteiger partial charge >= 0.3 is 5.97 Å². The molecule has 19 heavy (non-hydrogen) atoms. The van der Waals surface area contributed by atoms with Crippen LogP contribution >= 0.6 is 22.9 Å². The van der Waals surface area contributed by atoms with Gasteiger partial charge < -0.3 is 5.11 Å². The number of hydrogen-bond donors (Lipinski definition) is 1. The standard InChI is InChI=1S/C13H13ClN2O2S/c1-7(2)5-10-11(13(17)18)19-12(16-10)9-4-3-8(14)6-15-9/h3-4,6-7H,5H2,1-2H3,(H,17,18). The lowest BCUT2D eigenvalue weighted by Gasteiger charge is -2.01. The van der Waals surface area contributed by atoms with Crippen molar-refractivity contribution in [2.45, 2.75) is 20.3 Å². The molecule has 0 radical (unpaired) electrons. The zero-order valence-electron chi connectivity index (χ0n) is 10.6. The number of halogens is 1. The third-order valence-corrected chi connectivity index (χ3v) is 3.77. The maximum absolute atomic E-state index is 11.2. The van der Waals surface area contributed by atoms with Crippen LogP contribution in [0.1, 0.15) is 29.2 Å². The Hall–Kier alpha value is -1.46. The van der Waals surface area contributed by atoms with Crippen molar-refractivity contribution in [2.24, 2.45) is 5.92 Å². The summed E-state index contributed by atoms with van der Waals surface area (Å²) in [5, 5.41) is 10.4. The molecular formula is C13H13ClN2O2S. The quantitative estimate of drug-likeness (QED) is 0.933. The molecule has 100 valence electrons. The minimum Gasteiger partial charge on any atom is -0.477 e. The highest BCUT2D eigenvalue weighted by atomic mass is 35.5. The van der Waals surface area contributed by atoms with Crippen LogP contribution in [-0.4, -0.2) is 21.0 Å². The first kappa shape index (κ1) is 14.0. The Balaban J connectivity index is 2.42. The van der Waals surface area contributed by atoms with Crippen molar-refractivity contribution in [2.75, 3.05) is 0 Å². The highest BCUT2D eigenvalue weighted by molar-refractivity contribution is 7.17. The van der Waals surface area contributed by atoms with Crippen LogP contribution in [0, 0.1) is 5.92 Å². The summed E-state index contributed by atoms with van der Waals surface area (Å²) < 4.78 is 0. The van der Waals surface area contributed by atoms with Crippen molar-refractivity contribution in [3.63, 3.8) is 0 Å². The number of aromatic carboxylic acids is 1. The second-order valence-corrected chi connectivity index (χ2v) is 6.00. The molecule has 6 heteroatoms. The lowest BCUT2D eigenvalue weighted by molar-refractivity contribution is 0.0700. The third kappa shape index (κ3) is 3.30. The average Bonchev–Trinajstić information content (AvgIpc) is 2.73. The van der Waals surface area contributed by atoms with Gasteiger partial charge in [-0.2, -0.15) is 0 Å². The molecule has 2 aromatic heterocycles. The minimum atomic E-state index is -0.937. The fourth-order valence-corrected chi connectivity index (χ4v) is 2.68. The van der Waals surface area contributed by atoms with E-state index in [0.29, 0.717) is 38.6 Å². The van der Waals surface area contributed by atoms with Crippen LogP contribution in [0.5, 0.6) is 0 Å². The van der Waals surface area contributed by atoms with E-state index in [0.717, 1.165) is 11.3 Å². The molecule has 0 aliphatic heterocycles. The Bertz CT molecular complexity index is 593. The summed E-state index contributed by atoms with van der Waals surface area (Å²) in [6.07, 6.45) is 2.17. The molecule has 0 amide bonds. The maximum Gasteiger partial charge on any atom is 0.347 e. The van der Waals surface area contributed by atoms with Crippen LogP contribution in [0.25, 0.3) is 10.7 Å². The van der Waals surface area contributed by atoms with Crippen molar-refractivity contribution in [1.29, 1.82) is 0 Å². The maximum atomic E-state index is 11.2. The molecule has 0 saturated carbocycles. The van der Waals surface area contributed by atoms with Crippen LogP contribution in [0.4, 0.5) is 0 Å². The molecule has 2 heterocycles. The van der Waals surface area contributed by atoms with E-state index in [-0.39, 0.29) is 0 Å². The average molecular weight is 297 g/mol. The number of hydrogen-bond acceptors (Lipinski definition) is 4. The molecule has 0 aromatic carbocycles. The molecular weight excluding hydrogens is 284 g/mol. The summed E-state index contributed by atoms with van der Waals surface area (Å²) in [5.41, 5.74) is 1.27. The Labute approximate surface area is 120 Å². The van der Waals surface area contributed by atoms with E-state index in [2.05, 4.69) is 9.97 Å².